The second-order valence-corrected chi connectivity index (χ2v) is 16.2. The molecule has 0 amide bonds. The van der Waals surface area contributed by atoms with E-state index in [0.717, 1.165) is 67.1 Å². The maximum absolute atomic E-state index is 6.43. The predicted molar refractivity (Wildman–Crippen MR) is 244 cm³/mol. The topological polar surface area (TPSA) is 106 Å². The van der Waals surface area contributed by atoms with Crippen molar-refractivity contribution in [3.8, 4) is 63.1 Å². The smallest absolute Gasteiger partial charge is 0.251 e. The Bertz CT molecular complexity index is 1850. The summed E-state index contributed by atoms with van der Waals surface area (Å²) in [5, 5.41) is 17.6. The van der Waals surface area contributed by atoms with Crippen molar-refractivity contribution in [1.29, 1.82) is 0 Å². The van der Waals surface area contributed by atoms with Gasteiger partial charge in [0.1, 0.15) is 17.2 Å². The fourth-order valence-corrected chi connectivity index (χ4v) is 7.34. The van der Waals surface area contributed by atoms with Crippen LogP contribution in [0.25, 0.3) is 45.8 Å². The Balaban J connectivity index is 1.18. The Kier molecular flexibility index (Phi) is 21.6. The van der Waals surface area contributed by atoms with Gasteiger partial charge in [-0.15, -0.1) is 20.4 Å². The highest BCUT2D eigenvalue weighted by molar-refractivity contribution is 5.70. The maximum Gasteiger partial charge on any atom is 0.251 e. The number of rotatable bonds is 33. The zero-order valence-corrected chi connectivity index (χ0v) is 37.1. The molecule has 0 atom stereocenters. The number of benzene rings is 3. The van der Waals surface area contributed by atoms with Crippen molar-refractivity contribution in [2.45, 2.75) is 168 Å². The number of hydrogen-bond donors (Lipinski definition) is 0. The summed E-state index contributed by atoms with van der Waals surface area (Å²) >= 11 is 0. The fraction of sp³-hybridized carbons (Fsp3) is 0.569. The van der Waals surface area contributed by atoms with E-state index in [1.165, 1.54) is 122 Å². The molecule has 9 nitrogen and oxygen atoms in total. The molecule has 0 spiro atoms. The Morgan fingerprint density at radius 3 is 1.12 bits per heavy atom. The van der Waals surface area contributed by atoms with Crippen LogP contribution in [0.15, 0.2) is 75.6 Å². The molecule has 0 aliphatic carbocycles. The minimum absolute atomic E-state index is 0.386. The van der Waals surface area contributed by atoms with Crippen LogP contribution in [-0.2, 0) is 0 Å². The second kappa shape index (κ2) is 28.0. The van der Waals surface area contributed by atoms with Gasteiger partial charge in [0.15, 0.2) is 0 Å². The summed E-state index contributed by atoms with van der Waals surface area (Å²) in [6, 6.07) is 21.5. The lowest BCUT2D eigenvalue weighted by molar-refractivity contribution is 0.304. The van der Waals surface area contributed by atoms with Crippen molar-refractivity contribution in [2.75, 3.05) is 19.8 Å². The van der Waals surface area contributed by atoms with Gasteiger partial charge >= 0.3 is 0 Å². The van der Waals surface area contributed by atoms with Crippen molar-refractivity contribution in [3.63, 3.8) is 0 Å². The molecule has 0 saturated heterocycles. The monoisotopic (exact) mass is 821 g/mol. The molecule has 5 aromatic rings. The van der Waals surface area contributed by atoms with Gasteiger partial charge in [-0.2, -0.15) is 0 Å². The first-order chi connectivity index (χ1) is 29.7. The van der Waals surface area contributed by atoms with Gasteiger partial charge in [0.25, 0.3) is 5.89 Å². The quantitative estimate of drug-likeness (QED) is 0.0382. The van der Waals surface area contributed by atoms with E-state index in [1.807, 2.05) is 66.7 Å². The van der Waals surface area contributed by atoms with Crippen LogP contribution in [0, 0.1) is 0 Å². The lowest BCUT2D eigenvalue weighted by Crippen LogP contribution is -1.99. The maximum atomic E-state index is 6.43. The van der Waals surface area contributed by atoms with E-state index in [0.29, 0.717) is 41.5 Å². The molecular formula is C51H72N4O5. The van der Waals surface area contributed by atoms with Crippen molar-refractivity contribution in [1.82, 2.24) is 20.4 Å². The van der Waals surface area contributed by atoms with Crippen molar-refractivity contribution in [3.05, 3.63) is 66.7 Å². The standard InChI is InChI=1S/C51H72N4O5/c1-4-7-10-13-16-19-21-24-37-56-44-32-27-41(28-33-44)48-52-54-50(59-48)43-31-36-46(47(40-43)58-39-26-23-18-15-12-9-6-3)51-55-53-49(60-51)42-29-34-45(35-30-42)57-38-25-22-20-17-14-11-8-5-2/h27-36,40H,4-26,37-39H2,1-3H3. The SMILES string of the molecule is CCCCCCCCCCOc1ccc(-c2nnc(-c3ccc(-c4nnc(-c5ccc(OCCCCCCCCCC)cc5)o4)c(OCCCCCCCCC)c3)o2)cc1. The molecule has 0 aliphatic heterocycles. The highest BCUT2D eigenvalue weighted by Gasteiger charge is 2.19. The Morgan fingerprint density at radius 1 is 0.350 bits per heavy atom. The molecule has 0 fully saturated rings. The first-order valence-corrected chi connectivity index (χ1v) is 23.6. The molecule has 0 unspecified atom stereocenters. The van der Waals surface area contributed by atoms with E-state index in [-0.39, 0.29) is 0 Å². The van der Waals surface area contributed by atoms with Crippen LogP contribution in [-0.4, -0.2) is 40.2 Å². The first-order valence-electron chi connectivity index (χ1n) is 23.6. The third kappa shape index (κ3) is 16.4. The molecule has 0 N–H and O–H groups in total. The molecule has 326 valence electrons. The summed E-state index contributed by atoms with van der Waals surface area (Å²) in [5.74, 6) is 4.00. The molecule has 60 heavy (non-hydrogen) atoms. The van der Waals surface area contributed by atoms with Gasteiger partial charge in [-0.3, -0.25) is 0 Å². The lowest BCUT2D eigenvalue weighted by Gasteiger charge is -2.11. The molecule has 5 rings (SSSR count). The fourth-order valence-electron chi connectivity index (χ4n) is 7.34. The summed E-state index contributed by atoms with van der Waals surface area (Å²) in [6.07, 6.45) is 28.9. The lowest BCUT2D eigenvalue weighted by atomic mass is 10.1. The minimum Gasteiger partial charge on any atom is -0.494 e. The molecular weight excluding hydrogens is 749 g/mol. The van der Waals surface area contributed by atoms with Crippen LogP contribution in [0.5, 0.6) is 17.2 Å². The summed E-state index contributed by atoms with van der Waals surface area (Å²) in [4.78, 5) is 0. The van der Waals surface area contributed by atoms with Gasteiger partial charge in [0.05, 0.1) is 25.4 Å². The van der Waals surface area contributed by atoms with Crippen molar-refractivity contribution >= 4 is 0 Å². The van der Waals surface area contributed by atoms with E-state index >= 15 is 0 Å². The van der Waals surface area contributed by atoms with Gasteiger partial charge in [0.2, 0.25) is 17.7 Å². The van der Waals surface area contributed by atoms with E-state index in [1.54, 1.807) is 0 Å². The summed E-state index contributed by atoms with van der Waals surface area (Å²) in [5.41, 5.74) is 3.13. The van der Waals surface area contributed by atoms with Crippen LogP contribution >= 0.6 is 0 Å². The molecule has 0 saturated carbocycles. The van der Waals surface area contributed by atoms with E-state index in [9.17, 15) is 0 Å². The summed E-state index contributed by atoms with van der Waals surface area (Å²) in [6.45, 7) is 8.80. The van der Waals surface area contributed by atoms with Gasteiger partial charge in [-0.25, -0.2) is 0 Å². The predicted octanol–water partition coefficient (Wildman–Crippen LogP) is 15.3. The van der Waals surface area contributed by atoms with Crippen molar-refractivity contribution in [2.24, 2.45) is 0 Å². The number of unbranched alkanes of at least 4 members (excludes halogenated alkanes) is 20. The third-order valence-electron chi connectivity index (χ3n) is 11.1. The number of ether oxygens (including phenoxy) is 3. The molecule has 3 aromatic carbocycles. The average molecular weight is 821 g/mol. The third-order valence-corrected chi connectivity index (χ3v) is 11.1. The first kappa shape index (κ1) is 46.4. The summed E-state index contributed by atoms with van der Waals surface area (Å²) in [7, 11) is 0. The van der Waals surface area contributed by atoms with E-state index in [4.69, 9.17) is 23.0 Å². The van der Waals surface area contributed by atoms with Crippen LogP contribution in [0.2, 0.25) is 0 Å². The Hall–Kier alpha value is -4.66. The molecule has 2 aromatic heterocycles. The molecule has 2 heterocycles. The van der Waals surface area contributed by atoms with Gasteiger partial charge in [-0.1, -0.05) is 149 Å². The normalized spacial score (nSPS) is 11.3. The average Bonchev–Trinajstić information content (AvgIpc) is 3.98. The summed E-state index contributed by atoms with van der Waals surface area (Å²) < 4.78 is 30.9. The number of nitrogens with zero attached hydrogens (tertiary/aromatic N) is 4. The van der Waals surface area contributed by atoms with E-state index < -0.39 is 0 Å². The van der Waals surface area contributed by atoms with Crippen LogP contribution in [0.3, 0.4) is 0 Å². The van der Waals surface area contributed by atoms with Gasteiger partial charge in [-0.05, 0) is 86.0 Å². The van der Waals surface area contributed by atoms with E-state index in [2.05, 4.69) is 41.2 Å². The molecule has 9 heteroatoms. The molecule has 0 bridgehead atoms. The van der Waals surface area contributed by atoms with Crippen LogP contribution < -0.4 is 14.2 Å². The second-order valence-electron chi connectivity index (χ2n) is 16.2. The zero-order chi connectivity index (χ0) is 41.9. The van der Waals surface area contributed by atoms with Crippen LogP contribution in [0.1, 0.15) is 168 Å². The number of aromatic nitrogens is 4. The van der Waals surface area contributed by atoms with Gasteiger partial charge in [0, 0.05) is 16.7 Å². The molecule has 0 aliphatic rings. The van der Waals surface area contributed by atoms with Crippen molar-refractivity contribution < 1.29 is 23.0 Å². The highest BCUT2D eigenvalue weighted by atomic mass is 16.5. The minimum atomic E-state index is 0.386. The highest BCUT2D eigenvalue weighted by Crippen LogP contribution is 2.36. The van der Waals surface area contributed by atoms with Crippen LogP contribution in [0.4, 0.5) is 0 Å². The Labute approximate surface area is 360 Å². The van der Waals surface area contributed by atoms with Gasteiger partial charge < -0.3 is 23.0 Å². The number of hydrogen-bond acceptors (Lipinski definition) is 9. The Morgan fingerprint density at radius 2 is 0.683 bits per heavy atom. The largest absolute Gasteiger partial charge is 0.494 e. The zero-order valence-electron chi connectivity index (χ0n) is 37.1. The molecule has 0 radical (unpaired) electrons.